The van der Waals surface area contributed by atoms with Gasteiger partial charge in [0, 0.05) is 33.2 Å². The van der Waals surface area contributed by atoms with Crippen LogP contribution in [0.1, 0.15) is 37.5 Å². The number of nitrogens with one attached hydrogen (secondary N) is 2. The van der Waals surface area contributed by atoms with Crippen molar-refractivity contribution < 1.29 is 9.15 Å². The molecule has 3 heterocycles. The quantitative estimate of drug-likeness (QED) is 0.233. The molecule has 1 atom stereocenters. The molecule has 2 N–H and O–H groups in total. The molecule has 0 aromatic carbocycles. The fraction of sp³-hybridized carbons (Fsp3) is 0.750. The molecule has 1 aromatic heterocycles. The lowest BCUT2D eigenvalue weighted by Crippen LogP contribution is -2.43. The molecule has 0 saturated carbocycles. The maximum atomic E-state index is 5.69. The van der Waals surface area contributed by atoms with Crippen LogP contribution >= 0.6 is 24.0 Å². The highest BCUT2D eigenvalue weighted by molar-refractivity contribution is 14.0. The van der Waals surface area contributed by atoms with E-state index in [1.165, 1.54) is 19.3 Å². The van der Waals surface area contributed by atoms with Gasteiger partial charge in [0.1, 0.15) is 5.76 Å². The molecule has 0 spiro atoms. The van der Waals surface area contributed by atoms with Crippen molar-refractivity contribution >= 4 is 29.9 Å². The van der Waals surface area contributed by atoms with Crippen LogP contribution in [0.15, 0.2) is 27.8 Å². The van der Waals surface area contributed by atoms with Gasteiger partial charge in [0.15, 0.2) is 5.96 Å². The lowest BCUT2D eigenvalue weighted by atomic mass is 10.2. The number of unbranched alkanes of at least 4 members (excludes halogenated alkanes) is 1. The summed E-state index contributed by atoms with van der Waals surface area (Å²) < 4.78 is 11.1. The largest absolute Gasteiger partial charge is 0.468 e. The Morgan fingerprint density at radius 3 is 2.61 bits per heavy atom. The van der Waals surface area contributed by atoms with Gasteiger partial charge in [-0.25, -0.2) is 0 Å². The number of ether oxygens (including phenoxy) is 1. The number of nitrogens with zero attached hydrogens (tertiary/aromatic N) is 3. The van der Waals surface area contributed by atoms with E-state index < -0.39 is 0 Å². The van der Waals surface area contributed by atoms with Crippen molar-refractivity contribution in [3.05, 3.63) is 24.2 Å². The molecule has 0 aliphatic carbocycles. The normalized spacial score (nSPS) is 20.0. The van der Waals surface area contributed by atoms with Crippen molar-refractivity contribution in [2.24, 2.45) is 4.99 Å². The number of guanidine groups is 1. The van der Waals surface area contributed by atoms with Crippen molar-refractivity contribution in [1.29, 1.82) is 0 Å². The minimum Gasteiger partial charge on any atom is -0.468 e. The third-order valence-electron chi connectivity index (χ3n) is 5.44. The number of furan rings is 1. The third-order valence-corrected chi connectivity index (χ3v) is 5.44. The van der Waals surface area contributed by atoms with Gasteiger partial charge in [0.25, 0.3) is 0 Å². The van der Waals surface area contributed by atoms with Crippen molar-refractivity contribution in [1.82, 2.24) is 20.4 Å². The Morgan fingerprint density at radius 2 is 1.93 bits per heavy atom. The van der Waals surface area contributed by atoms with E-state index in [0.717, 1.165) is 77.2 Å². The standard InChI is InChI=1S/C20H35N5O2.HI/c1-21-20(22-8-2-3-9-24-12-15-26-16-13-24)23-17-18(19-7-6-14-27-19)25-10-4-5-11-25;/h6-7,14,18H,2-5,8-13,15-17H2,1H3,(H2,21,22,23);1H. The number of aliphatic imine (C=N–C) groups is 1. The minimum absolute atomic E-state index is 0. The predicted molar refractivity (Wildman–Crippen MR) is 124 cm³/mol. The first-order chi connectivity index (χ1) is 13.4. The van der Waals surface area contributed by atoms with E-state index in [9.17, 15) is 0 Å². The van der Waals surface area contributed by atoms with Crippen LogP contribution in [-0.4, -0.2) is 81.8 Å². The van der Waals surface area contributed by atoms with Gasteiger partial charge in [0.05, 0.1) is 25.5 Å². The Hall–Kier alpha value is -0.840. The van der Waals surface area contributed by atoms with Crippen LogP contribution in [0.3, 0.4) is 0 Å². The van der Waals surface area contributed by atoms with Gasteiger partial charge in [-0.1, -0.05) is 0 Å². The number of hydrogen-bond acceptors (Lipinski definition) is 5. The van der Waals surface area contributed by atoms with E-state index in [1.54, 1.807) is 6.26 Å². The molecule has 0 amide bonds. The van der Waals surface area contributed by atoms with E-state index in [4.69, 9.17) is 9.15 Å². The summed E-state index contributed by atoms with van der Waals surface area (Å²) in [5.41, 5.74) is 0. The lowest BCUT2D eigenvalue weighted by molar-refractivity contribution is 0.0372. The summed E-state index contributed by atoms with van der Waals surface area (Å²) in [4.78, 5) is 9.36. The number of morpholine rings is 1. The fourth-order valence-corrected chi connectivity index (χ4v) is 3.85. The molecule has 3 rings (SSSR count). The molecular weight excluding hydrogens is 469 g/mol. The van der Waals surface area contributed by atoms with Gasteiger partial charge in [-0.2, -0.15) is 0 Å². The second-order valence-corrected chi connectivity index (χ2v) is 7.32. The van der Waals surface area contributed by atoms with E-state index in [-0.39, 0.29) is 30.0 Å². The molecule has 1 unspecified atom stereocenters. The van der Waals surface area contributed by atoms with Crippen molar-refractivity contribution in [3.63, 3.8) is 0 Å². The van der Waals surface area contributed by atoms with Gasteiger partial charge in [-0.15, -0.1) is 24.0 Å². The number of halogens is 1. The average molecular weight is 505 g/mol. The van der Waals surface area contributed by atoms with Crippen LogP contribution < -0.4 is 10.6 Å². The number of likely N-dealkylation sites (tertiary alicyclic amines) is 1. The number of rotatable bonds is 9. The summed E-state index contributed by atoms with van der Waals surface area (Å²) in [6, 6.07) is 4.31. The highest BCUT2D eigenvalue weighted by Crippen LogP contribution is 2.24. The van der Waals surface area contributed by atoms with Crippen molar-refractivity contribution in [3.8, 4) is 0 Å². The first kappa shape index (κ1) is 23.4. The van der Waals surface area contributed by atoms with E-state index >= 15 is 0 Å². The Morgan fingerprint density at radius 1 is 1.14 bits per heavy atom. The maximum Gasteiger partial charge on any atom is 0.191 e. The summed E-state index contributed by atoms with van der Waals surface area (Å²) >= 11 is 0. The zero-order valence-electron chi connectivity index (χ0n) is 17.1. The van der Waals surface area contributed by atoms with Gasteiger partial charge in [-0.3, -0.25) is 14.8 Å². The molecule has 1 aromatic rings. The summed E-state index contributed by atoms with van der Waals surface area (Å²) in [6.07, 6.45) is 6.65. The molecule has 8 heteroatoms. The Labute approximate surface area is 186 Å². The molecule has 7 nitrogen and oxygen atoms in total. The van der Waals surface area contributed by atoms with Crippen LogP contribution in [0.2, 0.25) is 0 Å². The van der Waals surface area contributed by atoms with Crippen LogP contribution in [0.5, 0.6) is 0 Å². The van der Waals surface area contributed by atoms with E-state index in [0.29, 0.717) is 0 Å². The predicted octanol–water partition coefficient (Wildman–Crippen LogP) is 2.31. The Balaban J connectivity index is 0.00000280. The van der Waals surface area contributed by atoms with Crippen molar-refractivity contribution in [2.75, 3.05) is 66.1 Å². The lowest BCUT2D eigenvalue weighted by Gasteiger charge is -2.27. The van der Waals surface area contributed by atoms with Crippen LogP contribution in [0, 0.1) is 0 Å². The molecule has 160 valence electrons. The summed E-state index contributed by atoms with van der Waals surface area (Å²) in [6.45, 7) is 9.09. The van der Waals surface area contributed by atoms with Gasteiger partial charge >= 0.3 is 0 Å². The Bertz CT molecular complexity index is 543. The molecule has 2 saturated heterocycles. The average Bonchev–Trinajstić information content (AvgIpc) is 3.42. The molecule has 0 radical (unpaired) electrons. The number of hydrogen-bond donors (Lipinski definition) is 2. The molecule has 2 aliphatic heterocycles. The SMILES string of the molecule is CN=C(NCCCCN1CCOCC1)NCC(c1ccco1)N1CCCC1.I. The molecule has 2 aliphatic rings. The molecule has 2 fully saturated rings. The third kappa shape index (κ3) is 7.53. The zero-order valence-corrected chi connectivity index (χ0v) is 19.4. The van der Waals surface area contributed by atoms with E-state index in [2.05, 4.69) is 31.5 Å². The van der Waals surface area contributed by atoms with Gasteiger partial charge < -0.3 is 19.8 Å². The smallest absolute Gasteiger partial charge is 0.191 e. The molecule has 28 heavy (non-hydrogen) atoms. The zero-order chi connectivity index (χ0) is 18.7. The van der Waals surface area contributed by atoms with E-state index in [1.807, 2.05) is 13.1 Å². The first-order valence-corrected chi connectivity index (χ1v) is 10.4. The second kappa shape index (κ2) is 13.4. The van der Waals surface area contributed by atoms with Crippen molar-refractivity contribution in [2.45, 2.75) is 31.7 Å². The fourth-order valence-electron chi connectivity index (χ4n) is 3.85. The summed E-state index contributed by atoms with van der Waals surface area (Å²) in [5, 5.41) is 6.93. The highest BCUT2D eigenvalue weighted by Gasteiger charge is 2.25. The maximum absolute atomic E-state index is 5.69. The van der Waals surface area contributed by atoms with Gasteiger partial charge in [0.2, 0.25) is 0 Å². The van der Waals surface area contributed by atoms with Crippen LogP contribution in [0.4, 0.5) is 0 Å². The van der Waals surface area contributed by atoms with Gasteiger partial charge in [-0.05, 0) is 57.5 Å². The minimum atomic E-state index is 0. The topological polar surface area (TPSA) is 65.3 Å². The highest BCUT2D eigenvalue weighted by atomic mass is 127. The molecular formula is C20H36IN5O2. The summed E-state index contributed by atoms with van der Waals surface area (Å²) in [5.74, 6) is 1.91. The molecule has 0 bridgehead atoms. The Kier molecular flexibility index (Phi) is 11.2. The summed E-state index contributed by atoms with van der Waals surface area (Å²) in [7, 11) is 1.83. The monoisotopic (exact) mass is 505 g/mol. The van der Waals surface area contributed by atoms with Crippen LogP contribution in [0.25, 0.3) is 0 Å². The van der Waals surface area contributed by atoms with Crippen LogP contribution in [-0.2, 0) is 4.74 Å². The second-order valence-electron chi connectivity index (χ2n) is 7.32. The first-order valence-electron chi connectivity index (χ1n) is 10.4.